The van der Waals surface area contributed by atoms with Gasteiger partial charge in [0.05, 0.1) is 0 Å². The first-order valence-corrected chi connectivity index (χ1v) is 11.9. The Bertz CT molecular complexity index is 697. The number of amides is 1. The first-order chi connectivity index (χ1) is 14.1. The number of carbonyl (C=O) groups is 1. The van der Waals surface area contributed by atoms with Crippen LogP contribution in [0.3, 0.4) is 0 Å². The molecule has 2 bridgehead atoms. The van der Waals surface area contributed by atoms with Crippen molar-refractivity contribution in [3.05, 3.63) is 29.3 Å². The summed E-state index contributed by atoms with van der Waals surface area (Å²) in [6.45, 7) is 4.81. The Morgan fingerprint density at radius 2 is 1.86 bits per heavy atom. The largest absolute Gasteiger partial charge is 0.384 e. The number of carbonyl (C=O) groups excluding carboxylic acids is 1. The maximum atomic E-state index is 13.4. The van der Waals surface area contributed by atoms with Gasteiger partial charge in [-0.3, -0.25) is 9.69 Å². The quantitative estimate of drug-likeness (QED) is 0.783. The van der Waals surface area contributed by atoms with Crippen molar-refractivity contribution in [3.8, 4) is 0 Å². The minimum absolute atomic E-state index is 0.360. The molecular weight excluding hydrogens is 358 g/mol. The molecular formula is C25H39N3O. The van der Waals surface area contributed by atoms with Gasteiger partial charge in [-0.2, -0.15) is 0 Å². The summed E-state index contributed by atoms with van der Waals surface area (Å²) in [7, 11) is 2.27. The summed E-state index contributed by atoms with van der Waals surface area (Å²) in [6, 6.07) is 7.66. The Hall–Kier alpha value is -1.55. The highest BCUT2D eigenvalue weighted by Crippen LogP contribution is 2.31. The summed E-state index contributed by atoms with van der Waals surface area (Å²) in [5.41, 5.74) is 3.81. The molecule has 1 saturated heterocycles. The van der Waals surface area contributed by atoms with E-state index in [-0.39, 0.29) is 0 Å². The van der Waals surface area contributed by atoms with Crippen molar-refractivity contribution in [2.45, 2.75) is 89.8 Å². The van der Waals surface area contributed by atoms with E-state index in [1.54, 1.807) is 0 Å². The number of hydrogen-bond donors (Lipinski definition) is 1. The fourth-order valence-electron chi connectivity index (χ4n) is 5.81. The molecule has 2 unspecified atom stereocenters. The molecule has 0 radical (unpaired) electrons. The number of para-hydroxylation sites is 1. The molecule has 2 fully saturated rings. The van der Waals surface area contributed by atoms with Crippen molar-refractivity contribution in [2.24, 2.45) is 5.92 Å². The van der Waals surface area contributed by atoms with E-state index in [0.29, 0.717) is 18.0 Å². The molecule has 1 saturated carbocycles. The third-order valence-corrected chi connectivity index (χ3v) is 7.76. The van der Waals surface area contributed by atoms with Crippen LogP contribution < -0.4 is 5.32 Å². The first kappa shape index (κ1) is 20.7. The lowest BCUT2D eigenvalue weighted by Crippen LogP contribution is -2.43. The van der Waals surface area contributed by atoms with Crippen molar-refractivity contribution >= 4 is 11.6 Å². The third-order valence-electron chi connectivity index (χ3n) is 7.76. The van der Waals surface area contributed by atoms with Gasteiger partial charge >= 0.3 is 0 Å². The van der Waals surface area contributed by atoms with E-state index in [1.165, 1.54) is 68.2 Å². The lowest BCUT2D eigenvalue weighted by Gasteiger charge is -2.31. The van der Waals surface area contributed by atoms with Gasteiger partial charge in [-0.05, 0) is 56.7 Å². The Kier molecular flexibility index (Phi) is 6.79. The van der Waals surface area contributed by atoms with Crippen molar-refractivity contribution in [2.75, 3.05) is 25.5 Å². The van der Waals surface area contributed by atoms with Gasteiger partial charge in [0.1, 0.15) is 0 Å². The molecule has 4 heteroatoms. The summed E-state index contributed by atoms with van der Waals surface area (Å²) in [6.07, 6.45) is 12.2. The summed E-state index contributed by atoms with van der Waals surface area (Å²) < 4.78 is 0. The maximum Gasteiger partial charge on any atom is 0.222 e. The van der Waals surface area contributed by atoms with E-state index >= 15 is 0 Å². The normalized spacial score (nSPS) is 26.5. The Morgan fingerprint density at radius 1 is 1.07 bits per heavy atom. The summed E-state index contributed by atoms with van der Waals surface area (Å²) >= 11 is 0. The van der Waals surface area contributed by atoms with Crippen LogP contribution in [0.5, 0.6) is 0 Å². The van der Waals surface area contributed by atoms with Gasteiger partial charge in [0, 0.05) is 43.8 Å². The predicted molar refractivity (Wildman–Crippen MR) is 120 cm³/mol. The minimum atomic E-state index is 0.360. The van der Waals surface area contributed by atoms with E-state index in [2.05, 4.69) is 47.3 Å². The van der Waals surface area contributed by atoms with Crippen LogP contribution in [0.1, 0.15) is 75.3 Å². The minimum Gasteiger partial charge on any atom is -0.384 e. The molecule has 29 heavy (non-hydrogen) atoms. The van der Waals surface area contributed by atoms with Crippen LogP contribution in [-0.2, 0) is 11.3 Å². The monoisotopic (exact) mass is 397 g/mol. The molecule has 1 aromatic carbocycles. The van der Waals surface area contributed by atoms with Crippen LogP contribution in [0.2, 0.25) is 0 Å². The number of aryl methyl sites for hydroxylation is 1. The highest BCUT2D eigenvalue weighted by molar-refractivity contribution is 5.76. The predicted octanol–water partition coefficient (Wildman–Crippen LogP) is 4.96. The van der Waals surface area contributed by atoms with Gasteiger partial charge in [-0.25, -0.2) is 0 Å². The Balaban J connectivity index is 1.51. The number of hydrogen-bond acceptors (Lipinski definition) is 3. The maximum absolute atomic E-state index is 13.4. The topological polar surface area (TPSA) is 35.6 Å². The smallest absolute Gasteiger partial charge is 0.222 e. The van der Waals surface area contributed by atoms with Gasteiger partial charge in [-0.15, -0.1) is 0 Å². The van der Waals surface area contributed by atoms with E-state index in [0.717, 1.165) is 38.4 Å². The van der Waals surface area contributed by atoms with E-state index in [4.69, 9.17) is 0 Å². The van der Waals surface area contributed by atoms with E-state index in [9.17, 15) is 4.79 Å². The van der Waals surface area contributed by atoms with Crippen LogP contribution in [-0.4, -0.2) is 47.9 Å². The van der Waals surface area contributed by atoms with Crippen molar-refractivity contribution in [3.63, 3.8) is 0 Å². The molecule has 4 rings (SSSR count). The molecule has 2 aliphatic heterocycles. The van der Waals surface area contributed by atoms with Gasteiger partial charge in [0.15, 0.2) is 0 Å². The second kappa shape index (κ2) is 9.51. The lowest BCUT2D eigenvalue weighted by molar-refractivity contribution is -0.133. The van der Waals surface area contributed by atoms with Gasteiger partial charge in [0.2, 0.25) is 5.91 Å². The molecule has 0 aromatic heterocycles. The van der Waals surface area contributed by atoms with Crippen molar-refractivity contribution < 1.29 is 4.79 Å². The molecule has 2 heterocycles. The first-order valence-electron chi connectivity index (χ1n) is 11.9. The number of nitrogens with zero attached hydrogens (tertiary/aromatic N) is 2. The van der Waals surface area contributed by atoms with Crippen LogP contribution in [0, 0.1) is 12.8 Å². The van der Waals surface area contributed by atoms with Gasteiger partial charge in [-0.1, -0.05) is 50.3 Å². The number of benzene rings is 1. The zero-order valence-corrected chi connectivity index (χ0v) is 18.5. The van der Waals surface area contributed by atoms with Gasteiger partial charge in [0.25, 0.3) is 0 Å². The number of likely N-dealkylation sites (N-methyl/N-ethyl adjacent to an activating group) is 1. The average molecular weight is 398 g/mol. The fraction of sp³-hybridized carbons (Fsp3) is 0.720. The molecule has 160 valence electrons. The van der Waals surface area contributed by atoms with Crippen molar-refractivity contribution in [1.29, 1.82) is 0 Å². The van der Waals surface area contributed by atoms with E-state index in [1.807, 2.05) is 0 Å². The lowest BCUT2D eigenvalue weighted by atomic mass is 9.86. The van der Waals surface area contributed by atoms with Crippen LogP contribution in [0.25, 0.3) is 0 Å². The highest BCUT2D eigenvalue weighted by Gasteiger charge is 2.33. The van der Waals surface area contributed by atoms with Crippen molar-refractivity contribution in [1.82, 2.24) is 9.80 Å². The zero-order valence-electron chi connectivity index (χ0n) is 18.5. The van der Waals surface area contributed by atoms with Crippen LogP contribution in [0.4, 0.5) is 5.69 Å². The molecule has 1 aliphatic carbocycles. The Labute approximate surface area is 177 Å². The number of rotatable bonds is 3. The third kappa shape index (κ3) is 4.96. The molecule has 3 aliphatic rings. The van der Waals surface area contributed by atoms with E-state index < -0.39 is 0 Å². The molecule has 0 spiro atoms. The zero-order chi connectivity index (χ0) is 20.2. The molecule has 1 amide bonds. The van der Waals surface area contributed by atoms with Gasteiger partial charge < -0.3 is 10.2 Å². The SMILES string of the molecule is Cc1cccc2c1NCCC1CCC(CN(C(=O)CCC3CCCCC3)C2)N1C. The summed E-state index contributed by atoms with van der Waals surface area (Å²) in [5.74, 6) is 1.13. The second-order valence-corrected chi connectivity index (χ2v) is 9.69. The fourth-order valence-corrected chi connectivity index (χ4v) is 5.81. The molecule has 1 aromatic rings. The average Bonchev–Trinajstić information content (AvgIpc) is 3.06. The number of nitrogens with one attached hydrogen (secondary N) is 1. The second-order valence-electron chi connectivity index (χ2n) is 9.69. The standard InChI is InChI=1S/C25H39N3O/c1-19-7-6-10-21-17-28(24(29)14-11-20-8-4-3-5-9-20)18-23-13-12-22(27(23)2)15-16-26-25(19)21/h6-7,10,20,22-23,26H,3-5,8-9,11-18H2,1-2H3. The van der Waals surface area contributed by atoms with Crippen LogP contribution >= 0.6 is 0 Å². The summed E-state index contributed by atoms with van der Waals surface area (Å²) in [5, 5.41) is 3.71. The highest BCUT2D eigenvalue weighted by atomic mass is 16.2. The van der Waals surface area contributed by atoms with Crippen LogP contribution in [0.15, 0.2) is 18.2 Å². The molecule has 2 atom stereocenters. The molecule has 4 nitrogen and oxygen atoms in total. The summed E-state index contributed by atoms with van der Waals surface area (Å²) in [4.78, 5) is 18.1. The number of fused-ring (bicyclic) bond motifs is 3. The molecule has 1 N–H and O–H groups in total. The Morgan fingerprint density at radius 3 is 2.69 bits per heavy atom. The number of anilines is 1.